The molecule has 0 radical (unpaired) electrons. The van der Waals surface area contributed by atoms with Crippen LogP contribution >= 0.6 is 15.9 Å². The fraction of sp³-hybridized carbons (Fsp3) is 0.538. The lowest BCUT2D eigenvalue weighted by Crippen LogP contribution is -2.26. The molecule has 1 aromatic rings. The SMILES string of the molecule is CCN(CCO)Cc1cc(Br)cc2c1OCC2. The predicted molar refractivity (Wildman–Crippen MR) is 71.4 cm³/mol. The van der Waals surface area contributed by atoms with E-state index in [9.17, 15) is 0 Å². The van der Waals surface area contributed by atoms with Gasteiger partial charge >= 0.3 is 0 Å². The highest BCUT2D eigenvalue weighted by Gasteiger charge is 2.18. The molecule has 0 aromatic heterocycles. The lowest BCUT2D eigenvalue weighted by Gasteiger charge is -2.20. The summed E-state index contributed by atoms with van der Waals surface area (Å²) in [6.07, 6.45) is 0.994. The standard InChI is InChI=1S/C13H18BrNO2/c1-2-15(4-5-16)9-11-8-12(14)7-10-3-6-17-13(10)11/h7-8,16H,2-6,9H2,1H3. The van der Waals surface area contributed by atoms with Gasteiger partial charge in [-0.05, 0) is 24.2 Å². The largest absolute Gasteiger partial charge is 0.493 e. The Morgan fingerprint density at radius 1 is 1.47 bits per heavy atom. The Morgan fingerprint density at radius 2 is 2.29 bits per heavy atom. The maximum Gasteiger partial charge on any atom is 0.127 e. The summed E-state index contributed by atoms with van der Waals surface area (Å²) in [4.78, 5) is 2.21. The van der Waals surface area contributed by atoms with Gasteiger partial charge in [-0.1, -0.05) is 22.9 Å². The Kier molecular flexibility index (Phi) is 4.42. The first-order valence-corrected chi connectivity index (χ1v) is 6.81. The van der Waals surface area contributed by atoms with Crippen LogP contribution in [0.25, 0.3) is 0 Å². The fourth-order valence-electron chi connectivity index (χ4n) is 2.19. The van der Waals surface area contributed by atoms with Crippen molar-refractivity contribution in [2.24, 2.45) is 0 Å². The van der Waals surface area contributed by atoms with Crippen LogP contribution < -0.4 is 4.74 Å². The van der Waals surface area contributed by atoms with Crippen LogP contribution in [-0.4, -0.2) is 36.3 Å². The van der Waals surface area contributed by atoms with Gasteiger partial charge < -0.3 is 9.84 Å². The number of ether oxygens (including phenoxy) is 1. The molecule has 1 N–H and O–H groups in total. The maximum atomic E-state index is 9.01. The number of benzene rings is 1. The zero-order chi connectivity index (χ0) is 12.3. The molecule has 17 heavy (non-hydrogen) atoms. The summed E-state index contributed by atoms with van der Waals surface area (Å²) < 4.78 is 6.81. The first-order valence-electron chi connectivity index (χ1n) is 6.02. The molecule has 0 spiro atoms. The highest BCUT2D eigenvalue weighted by Crippen LogP contribution is 2.33. The Labute approximate surface area is 111 Å². The van der Waals surface area contributed by atoms with Gasteiger partial charge in [0.2, 0.25) is 0 Å². The molecule has 0 unspecified atom stereocenters. The van der Waals surface area contributed by atoms with E-state index in [1.807, 2.05) is 0 Å². The van der Waals surface area contributed by atoms with E-state index in [1.165, 1.54) is 11.1 Å². The lowest BCUT2D eigenvalue weighted by atomic mass is 10.1. The number of fused-ring (bicyclic) bond motifs is 1. The molecular formula is C13H18BrNO2. The first kappa shape index (κ1) is 12.9. The Hall–Kier alpha value is -0.580. The normalized spacial score (nSPS) is 13.9. The van der Waals surface area contributed by atoms with Gasteiger partial charge in [-0.15, -0.1) is 0 Å². The van der Waals surface area contributed by atoms with Gasteiger partial charge in [0.1, 0.15) is 5.75 Å². The van der Waals surface area contributed by atoms with Crippen LogP contribution in [0.4, 0.5) is 0 Å². The second-order valence-electron chi connectivity index (χ2n) is 4.24. The number of hydrogen-bond donors (Lipinski definition) is 1. The topological polar surface area (TPSA) is 32.7 Å². The van der Waals surface area contributed by atoms with Gasteiger partial charge in [0.25, 0.3) is 0 Å². The molecule has 1 aliphatic rings. The van der Waals surface area contributed by atoms with Crippen LogP contribution in [0.15, 0.2) is 16.6 Å². The molecular weight excluding hydrogens is 282 g/mol. The molecule has 0 atom stereocenters. The third-order valence-electron chi connectivity index (χ3n) is 3.08. The summed E-state index contributed by atoms with van der Waals surface area (Å²) >= 11 is 3.54. The van der Waals surface area contributed by atoms with Crippen molar-refractivity contribution in [2.75, 3.05) is 26.3 Å². The van der Waals surface area contributed by atoms with Crippen LogP contribution in [0.1, 0.15) is 18.1 Å². The van der Waals surface area contributed by atoms with Crippen LogP contribution in [0.5, 0.6) is 5.75 Å². The zero-order valence-electron chi connectivity index (χ0n) is 10.1. The minimum Gasteiger partial charge on any atom is -0.493 e. The number of nitrogens with zero attached hydrogens (tertiary/aromatic N) is 1. The second kappa shape index (κ2) is 5.85. The molecule has 0 bridgehead atoms. The molecule has 4 heteroatoms. The van der Waals surface area contributed by atoms with E-state index in [2.05, 4.69) is 39.9 Å². The first-order chi connectivity index (χ1) is 8.24. The number of aliphatic hydroxyl groups is 1. The average Bonchev–Trinajstić information content (AvgIpc) is 2.76. The Morgan fingerprint density at radius 3 is 3.00 bits per heavy atom. The third kappa shape index (κ3) is 3.00. The van der Waals surface area contributed by atoms with Gasteiger partial charge in [0.15, 0.2) is 0 Å². The molecule has 2 rings (SSSR count). The summed E-state index contributed by atoms with van der Waals surface area (Å²) in [5.74, 6) is 1.05. The fourth-order valence-corrected chi connectivity index (χ4v) is 2.75. The molecule has 0 amide bonds. The minimum atomic E-state index is 0.199. The van der Waals surface area contributed by atoms with E-state index in [1.54, 1.807) is 0 Å². The van der Waals surface area contributed by atoms with E-state index in [0.29, 0.717) is 6.54 Å². The predicted octanol–water partition coefficient (Wildman–Crippen LogP) is 2.20. The van der Waals surface area contributed by atoms with Crippen molar-refractivity contribution in [1.82, 2.24) is 4.90 Å². The summed E-state index contributed by atoms with van der Waals surface area (Å²) in [6.45, 7) is 5.56. The summed E-state index contributed by atoms with van der Waals surface area (Å²) in [6, 6.07) is 4.25. The molecule has 0 saturated carbocycles. The van der Waals surface area contributed by atoms with Crippen molar-refractivity contribution in [3.8, 4) is 5.75 Å². The number of rotatable bonds is 5. The van der Waals surface area contributed by atoms with E-state index in [0.717, 1.165) is 36.3 Å². The number of halogens is 1. The van der Waals surface area contributed by atoms with Crippen LogP contribution in [0.2, 0.25) is 0 Å². The van der Waals surface area contributed by atoms with Crippen molar-refractivity contribution >= 4 is 15.9 Å². The molecule has 0 aliphatic carbocycles. The monoisotopic (exact) mass is 299 g/mol. The third-order valence-corrected chi connectivity index (χ3v) is 3.54. The summed E-state index contributed by atoms with van der Waals surface area (Å²) in [5.41, 5.74) is 2.50. The highest BCUT2D eigenvalue weighted by atomic mass is 79.9. The Balaban J connectivity index is 2.20. The van der Waals surface area contributed by atoms with Crippen molar-refractivity contribution in [3.05, 3.63) is 27.7 Å². The zero-order valence-corrected chi connectivity index (χ0v) is 11.7. The van der Waals surface area contributed by atoms with Crippen LogP contribution in [-0.2, 0) is 13.0 Å². The maximum absolute atomic E-state index is 9.01. The molecule has 94 valence electrons. The van der Waals surface area contributed by atoms with E-state index >= 15 is 0 Å². The van der Waals surface area contributed by atoms with Gasteiger partial charge in [-0.2, -0.15) is 0 Å². The molecule has 0 saturated heterocycles. The summed E-state index contributed by atoms with van der Waals surface area (Å²) in [5, 5.41) is 9.01. The number of hydrogen-bond acceptors (Lipinski definition) is 3. The van der Waals surface area contributed by atoms with Gasteiger partial charge in [-0.25, -0.2) is 0 Å². The van der Waals surface area contributed by atoms with E-state index < -0.39 is 0 Å². The van der Waals surface area contributed by atoms with Crippen molar-refractivity contribution < 1.29 is 9.84 Å². The lowest BCUT2D eigenvalue weighted by molar-refractivity contribution is 0.195. The second-order valence-corrected chi connectivity index (χ2v) is 5.16. The van der Waals surface area contributed by atoms with Gasteiger partial charge in [0, 0.05) is 29.5 Å². The van der Waals surface area contributed by atoms with Crippen LogP contribution in [0, 0.1) is 0 Å². The molecule has 0 fully saturated rings. The average molecular weight is 300 g/mol. The van der Waals surface area contributed by atoms with E-state index in [-0.39, 0.29) is 6.61 Å². The molecule has 1 aliphatic heterocycles. The number of aliphatic hydroxyl groups excluding tert-OH is 1. The Bertz CT molecular complexity index is 395. The summed E-state index contributed by atoms with van der Waals surface area (Å²) in [7, 11) is 0. The smallest absolute Gasteiger partial charge is 0.127 e. The number of likely N-dealkylation sites (N-methyl/N-ethyl adjacent to an activating group) is 1. The molecule has 1 heterocycles. The van der Waals surface area contributed by atoms with Crippen molar-refractivity contribution in [2.45, 2.75) is 19.9 Å². The quantitative estimate of drug-likeness (QED) is 0.905. The van der Waals surface area contributed by atoms with Gasteiger partial charge in [0.05, 0.1) is 13.2 Å². The van der Waals surface area contributed by atoms with Gasteiger partial charge in [-0.3, -0.25) is 4.90 Å². The molecule has 1 aromatic carbocycles. The van der Waals surface area contributed by atoms with Crippen molar-refractivity contribution in [3.63, 3.8) is 0 Å². The van der Waals surface area contributed by atoms with Crippen LogP contribution in [0.3, 0.4) is 0 Å². The molecule has 3 nitrogen and oxygen atoms in total. The van der Waals surface area contributed by atoms with Crippen molar-refractivity contribution in [1.29, 1.82) is 0 Å². The van der Waals surface area contributed by atoms with E-state index in [4.69, 9.17) is 9.84 Å². The highest BCUT2D eigenvalue weighted by molar-refractivity contribution is 9.10. The minimum absolute atomic E-state index is 0.199.